The lowest BCUT2D eigenvalue weighted by Crippen LogP contribution is -2.49. The molecule has 4 rings (SSSR count). The fraction of sp³-hybridized carbons (Fsp3) is 0.429. The van der Waals surface area contributed by atoms with Crippen molar-refractivity contribution in [3.05, 3.63) is 41.4 Å². The standard InChI is InChI=1S/C21H26N6O3S/c28-18(14-16-15-31-21(24-16)27-9-8-23-20(27)30)22-7-6-19(29)26-12-10-25(11-13-26)17-4-2-1-3-5-17/h1-5,15H,6-14H2,(H,22,28)(H,23,30). The van der Waals surface area contributed by atoms with Crippen molar-refractivity contribution >= 4 is 40.0 Å². The summed E-state index contributed by atoms with van der Waals surface area (Å²) in [4.78, 5) is 46.4. The van der Waals surface area contributed by atoms with Gasteiger partial charge in [-0.1, -0.05) is 18.2 Å². The van der Waals surface area contributed by atoms with E-state index in [4.69, 9.17) is 0 Å². The number of carbonyl (C=O) groups excluding carboxylic acids is 3. The average molecular weight is 443 g/mol. The van der Waals surface area contributed by atoms with Crippen LogP contribution in [0.2, 0.25) is 0 Å². The van der Waals surface area contributed by atoms with Crippen LogP contribution in [-0.4, -0.2) is 73.5 Å². The molecule has 2 aliphatic rings. The second-order valence-corrected chi connectivity index (χ2v) is 8.32. The Morgan fingerprint density at radius 3 is 2.58 bits per heavy atom. The Morgan fingerprint density at radius 1 is 1.10 bits per heavy atom. The Bertz CT molecular complexity index is 926. The minimum Gasteiger partial charge on any atom is -0.368 e. The second kappa shape index (κ2) is 9.78. The molecular weight excluding hydrogens is 416 g/mol. The van der Waals surface area contributed by atoms with Crippen LogP contribution in [0, 0.1) is 0 Å². The van der Waals surface area contributed by atoms with Crippen LogP contribution >= 0.6 is 11.3 Å². The van der Waals surface area contributed by atoms with E-state index in [0.717, 1.165) is 13.1 Å². The molecule has 4 amide bonds. The summed E-state index contributed by atoms with van der Waals surface area (Å²) in [6, 6.07) is 10.0. The summed E-state index contributed by atoms with van der Waals surface area (Å²) in [5.41, 5.74) is 1.80. The molecule has 0 spiro atoms. The molecule has 31 heavy (non-hydrogen) atoms. The molecule has 0 radical (unpaired) electrons. The number of nitrogens with one attached hydrogen (secondary N) is 2. The summed E-state index contributed by atoms with van der Waals surface area (Å²) in [5, 5.41) is 7.92. The van der Waals surface area contributed by atoms with Crippen LogP contribution in [0.3, 0.4) is 0 Å². The van der Waals surface area contributed by atoms with Gasteiger partial charge < -0.3 is 20.4 Å². The predicted octanol–water partition coefficient (Wildman–Crippen LogP) is 1.07. The van der Waals surface area contributed by atoms with Gasteiger partial charge >= 0.3 is 6.03 Å². The van der Waals surface area contributed by atoms with Gasteiger partial charge in [-0.25, -0.2) is 9.78 Å². The maximum Gasteiger partial charge on any atom is 0.323 e. The molecule has 1 aromatic carbocycles. The summed E-state index contributed by atoms with van der Waals surface area (Å²) in [7, 11) is 0. The van der Waals surface area contributed by atoms with E-state index in [2.05, 4.69) is 32.7 Å². The zero-order chi connectivity index (χ0) is 21.6. The highest BCUT2D eigenvalue weighted by molar-refractivity contribution is 7.14. The van der Waals surface area contributed by atoms with Crippen molar-refractivity contribution in [1.82, 2.24) is 20.5 Å². The highest BCUT2D eigenvalue weighted by Crippen LogP contribution is 2.22. The van der Waals surface area contributed by atoms with E-state index in [1.807, 2.05) is 23.1 Å². The number of hydrogen-bond donors (Lipinski definition) is 2. The van der Waals surface area contributed by atoms with Gasteiger partial charge in [0.1, 0.15) is 0 Å². The Balaban J connectivity index is 1.16. The number of hydrogen-bond acceptors (Lipinski definition) is 6. The van der Waals surface area contributed by atoms with Gasteiger partial charge in [-0.3, -0.25) is 14.5 Å². The van der Waals surface area contributed by atoms with Crippen molar-refractivity contribution in [1.29, 1.82) is 0 Å². The van der Waals surface area contributed by atoms with Gasteiger partial charge in [0.2, 0.25) is 11.8 Å². The number of aromatic nitrogens is 1. The van der Waals surface area contributed by atoms with Crippen molar-refractivity contribution < 1.29 is 14.4 Å². The molecule has 0 bridgehead atoms. The molecular formula is C21H26N6O3S. The van der Waals surface area contributed by atoms with Crippen LogP contribution in [0.15, 0.2) is 35.7 Å². The molecule has 0 unspecified atom stereocenters. The Kier molecular flexibility index (Phi) is 6.66. The van der Waals surface area contributed by atoms with Crippen LogP contribution < -0.4 is 20.4 Å². The summed E-state index contributed by atoms with van der Waals surface area (Å²) in [5.74, 6) is -0.117. The normalized spacial score (nSPS) is 16.4. The van der Waals surface area contributed by atoms with Crippen LogP contribution in [0.4, 0.5) is 15.6 Å². The third kappa shape index (κ3) is 5.32. The average Bonchev–Trinajstić information content (AvgIpc) is 3.43. The molecule has 2 aromatic rings. The molecule has 0 aliphatic carbocycles. The SMILES string of the molecule is O=C(Cc1csc(N2CCNC2=O)n1)NCCC(=O)N1CCN(c2ccccc2)CC1. The maximum atomic E-state index is 12.5. The Labute approximate surface area is 185 Å². The zero-order valence-electron chi connectivity index (χ0n) is 17.2. The van der Waals surface area contributed by atoms with Gasteiger partial charge in [-0.2, -0.15) is 0 Å². The fourth-order valence-corrected chi connectivity index (χ4v) is 4.55. The third-order valence-corrected chi connectivity index (χ3v) is 6.30. The smallest absolute Gasteiger partial charge is 0.323 e. The molecule has 10 heteroatoms. The first-order chi connectivity index (χ1) is 15.1. The predicted molar refractivity (Wildman–Crippen MR) is 119 cm³/mol. The highest BCUT2D eigenvalue weighted by Gasteiger charge is 2.24. The highest BCUT2D eigenvalue weighted by atomic mass is 32.1. The number of anilines is 2. The number of thiazole rings is 1. The van der Waals surface area contributed by atoms with E-state index in [-0.39, 0.29) is 30.7 Å². The first-order valence-electron chi connectivity index (χ1n) is 10.4. The molecule has 2 saturated heterocycles. The number of para-hydroxylation sites is 1. The van der Waals surface area contributed by atoms with E-state index >= 15 is 0 Å². The van der Waals surface area contributed by atoms with Gasteiger partial charge in [-0.15, -0.1) is 11.3 Å². The zero-order valence-corrected chi connectivity index (χ0v) is 18.1. The molecule has 1 aromatic heterocycles. The molecule has 2 N–H and O–H groups in total. The molecule has 2 aliphatic heterocycles. The summed E-state index contributed by atoms with van der Waals surface area (Å²) >= 11 is 1.35. The fourth-order valence-electron chi connectivity index (χ4n) is 3.70. The minimum absolute atomic E-state index is 0.0593. The summed E-state index contributed by atoms with van der Waals surface area (Å²) in [6.07, 6.45) is 0.420. The molecule has 3 heterocycles. The van der Waals surface area contributed by atoms with Crippen molar-refractivity contribution in [3.8, 4) is 0 Å². The van der Waals surface area contributed by atoms with E-state index < -0.39 is 0 Å². The maximum absolute atomic E-state index is 12.5. The van der Waals surface area contributed by atoms with Crippen molar-refractivity contribution in [2.75, 3.05) is 55.6 Å². The van der Waals surface area contributed by atoms with E-state index in [9.17, 15) is 14.4 Å². The van der Waals surface area contributed by atoms with Crippen LogP contribution in [-0.2, 0) is 16.0 Å². The monoisotopic (exact) mass is 442 g/mol. The lowest BCUT2D eigenvalue weighted by atomic mass is 10.2. The first-order valence-corrected chi connectivity index (χ1v) is 11.3. The second-order valence-electron chi connectivity index (χ2n) is 7.49. The number of benzene rings is 1. The Morgan fingerprint density at radius 2 is 1.87 bits per heavy atom. The molecule has 2 fully saturated rings. The first kappa shape index (κ1) is 21.1. The van der Waals surface area contributed by atoms with Gasteiger partial charge in [0.15, 0.2) is 5.13 Å². The number of rotatable bonds is 7. The van der Waals surface area contributed by atoms with E-state index in [1.54, 1.807) is 10.3 Å². The van der Waals surface area contributed by atoms with Gasteiger partial charge in [0, 0.05) is 63.3 Å². The summed E-state index contributed by atoms with van der Waals surface area (Å²) in [6.45, 7) is 4.48. The van der Waals surface area contributed by atoms with Crippen molar-refractivity contribution in [2.45, 2.75) is 12.8 Å². The van der Waals surface area contributed by atoms with Crippen molar-refractivity contribution in [3.63, 3.8) is 0 Å². The topological polar surface area (TPSA) is 97.9 Å². The third-order valence-electron chi connectivity index (χ3n) is 5.38. The number of amides is 4. The van der Waals surface area contributed by atoms with Crippen molar-refractivity contribution in [2.24, 2.45) is 0 Å². The largest absolute Gasteiger partial charge is 0.368 e. The van der Waals surface area contributed by atoms with Gasteiger partial charge in [0.25, 0.3) is 0 Å². The van der Waals surface area contributed by atoms with Gasteiger partial charge in [0.05, 0.1) is 12.1 Å². The van der Waals surface area contributed by atoms with Crippen LogP contribution in [0.25, 0.3) is 0 Å². The number of piperazine rings is 1. The van der Waals surface area contributed by atoms with Crippen LogP contribution in [0.5, 0.6) is 0 Å². The number of carbonyl (C=O) groups is 3. The van der Waals surface area contributed by atoms with Gasteiger partial charge in [-0.05, 0) is 12.1 Å². The molecule has 0 atom stereocenters. The van der Waals surface area contributed by atoms with Crippen LogP contribution in [0.1, 0.15) is 12.1 Å². The number of urea groups is 1. The minimum atomic E-state index is -0.176. The number of nitrogens with zero attached hydrogens (tertiary/aromatic N) is 4. The molecule has 0 saturated carbocycles. The Hall–Kier alpha value is -3.14. The molecule has 9 nitrogen and oxygen atoms in total. The lowest BCUT2D eigenvalue weighted by molar-refractivity contribution is -0.131. The summed E-state index contributed by atoms with van der Waals surface area (Å²) < 4.78 is 0. The quantitative estimate of drug-likeness (QED) is 0.669. The van der Waals surface area contributed by atoms with E-state index in [0.29, 0.717) is 43.5 Å². The lowest BCUT2D eigenvalue weighted by Gasteiger charge is -2.36. The molecule has 164 valence electrons. The van der Waals surface area contributed by atoms with E-state index in [1.165, 1.54) is 17.0 Å².